The third kappa shape index (κ3) is 4.27. The zero-order valence-corrected chi connectivity index (χ0v) is 17.7. The molecule has 1 saturated heterocycles. The molecular weight excluding hydrogens is 390 g/mol. The van der Waals surface area contributed by atoms with E-state index < -0.39 is 0 Å². The second-order valence-corrected chi connectivity index (χ2v) is 9.00. The van der Waals surface area contributed by atoms with E-state index in [4.69, 9.17) is 9.72 Å². The number of rotatable bonds is 5. The standard InChI is InChI=1S/C21H23N3O2S2/c1-15-3-8-19(28-15)21(25)24-11-9-23(10-12-24)13-17-14-27-20(22-17)16-4-6-18(26-2)7-5-16/h3-8,14H,9-13H2,1-2H3. The average Bonchev–Trinajstić information content (AvgIpc) is 3.37. The molecule has 2 aromatic heterocycles. The lowest BCUT2D eigenvalue weighted by atomic mass is 10.2. The number of carbonyl (C=O) groups is 1. The van der Waals surface area contributed by atoms with Crippen molar-refractivity contribution in [3.8, 4) is 16.3 Å². The Morgan fingerprint density at radius 1 is 1.11 bits per heavy atom. The Balaban J connectivity index is 1.32. The van der Waals surface area contributed by atoms with E-state index in [2.05, 4.69) is 10.3 Å². The van der Waals surface area contributed by atoms with Crippen molar-refractivity contribution >= 4 is 28.6 Å². The number of hydrogen-bond donors (Lipinski definition) is 0. The fourth-order valence-corrected chi connectivity index (χ4v) is 4.94. The molecule has 5 nitrogen and oxygen atoms in total. The van der Waals surface area contributed by atoms with E-state index in [-0.39, 0.29) is 5.91 Å². The van der Waals surface area contributed by atoms with Crippen molar-refractivity contribution < 1.29 is 9.53 Å². The summed E-state index contributed by atoms with van der Waals surface area (Å²) in [5.74, 6) is 1.01. The molecule has 1 aliphatic heterocycles. The highest BCUT2D eigenvalue weighted by Crippen LogP contribution is 2.26. The Hall–Kier alpha value is -2.22. The summed E-state index contributed by atoms with van der Waals surface area (Å²) < 4.78 is 5.21. The molecule has 0 N–H and O–H groups in total. The highest BCUT2D eigenvalue weighted by Gasteiger charge is 2.23. The van der Waals surface area contributed by atoms with Crippen molar-refractivity contribution in [2.24, 2.45) is 0 Å². The van der Waals surface area contributed by atoms with E-state index in [0.29, 0.717) is 0 Å². The summed E-state index contributed by atoms with van der Waals surface area (Å²) >= 11 is 3.24. The van der Waals surface area contributed by atoms with Crippen molar-refractivity contribution in [3.05, 3.63) is 57.2 Å². The zero-order chi connectivity index (χ0) is 19.5. The van der Waals surface area contributed by atoms with Crippen molar-refractivity contribution in [1.82, 2.24) is 14.8 Å². The molecule has 146 valence electrons. The number of methoxy groups -OCH3 is 1. The SMILES string of the molecule is COc1ccc(-c2nc(CN3CCN(C(=O)c4ccc(C)s4)CC3)cs2)cc1. The topological polar surface area (TPSA) is 45.7 Å². The first-order valence-electron chi connectivity index (χ1n) is 9.29. The van der Waals surface area contributed by atoms with Crippen LogP contribution in [-0.2, 0) is 6.54 Å². The molecule has 1 fully saturated rings. The van der Waals surface area contributed by atoms with Crippen LogP contribution in [0.2, 0.25) is 0 Å². The van der Waals surface area contributed by atoms with E-state index in [1.807, 2.05) is 48.2 Å². The lowest BCUT2D eigenvalue weighted by molar-refractivity contribution is 0.0632. The maximum atomic E-state index is 12.6. The fraction of sp³-hybridized carbons (Fsp3) is 0.333. The number of carbonyl (C=O) groups excluding carboxylic acids is 1. The van der Waals surface area contributed by atoms with Crippen LogP contribution in [-0.4, -0.2) is 54.0 Å². The van der Waals surface area contributed by atoms with Gasteiger partial charge >= 0.3 is 0 Å². The van der Waals surface area contributed by atoms with Crippen LogP contribution in [0.1, 0.15) is 20.2 Å². The molecule has 1 aromatic carbocycles. The summed E-state index contributed by atoms with van der Waals surface area (Å²) in [6, 6.07) is 11.9. The summed E-state index contributed by atoms with van der Waals surface area (Å²) in [5, 5.41) is 3.16. The number of piperazine rings is 1. The van der Waals surface area contributed by atoms with Gasteiger partial charge in [0.25, 0.3) is 5.91 Å². The Morgan fingerprint density at radius 2 is 1.86 bits per heavy atom. The Morgan fingerprint density at radius 3 is 2.50 bits per heavy atom. The van der Waals surface area contributed by atoms with Gasteiger partial charge < -0.3 is 9.64 Å². The molecule has 0 atom stereocenters. The van der Waals surface area contributed by atoms with Crippen LogP contribution in [0.3, 0.4) is 0 Å². The molecule has 0 aliphatic carbocycles. The summed E-state index contributed by atoms with van der Waals surface area (Å²) in [6.45, 7) is 6.16. The molecule has 3 aromatic rings. The average molecular weight is 414 g/mol. The van der Waals surface area contributed by atoms with Crippen molar-refractivity contribution in [2.45, 2.75) is 13.5 Å². The smallest absolute Gasteiger partial charge is 0.264 e. The van der Waals surface area contributed by atoms with Gasteiger partial charge in [-0.2, -0.15) is 0 Å². The molecule has 0 radical (unpaired) electrons. The summed E-state index contributed by atoms with van der Waals surface area (Å²) in [5.41, 5.74) is 2.20. The maximum absolute atomic E-state index is 12.6. The first-order chi connectivity index (χ1) is 13.6. The highest BCUT2D eigenvalue weighted by atomic mass is 32.1. The minimum atomic E-state index is 0.160. The number of amides is 1. The lowest BCUT2D eigenvalue weighted by Gasteiger charge is -2.34. The van der Waals surface area contributed by atoms with Gasteiger partial charge in [0.2, 0.25) is 0 Å². The Kier molecular flexibility index (Phi) is 5.75. The van der Waals surface area contributed by atoms with Crippen LogP contribution in [0.5, 0.6) is 5.75 Å². The number of aryl methyl sites for hydroxylation is 1. The van der Waals surface area contributed by atoms with E-state index in [0.717, 1.165) is 59.6 Å². The van der Waals surface area contributed by atoms with E-state index in [9.17, 15) is 4.79 Å². The van der Waals surface area contributed by atoms with Crippen LogP contribution in [0, 0.1) is 6.92 Å². The van der Waals surface area contributed by atoms with Crippen molar-refractivity contribution in [3.63, 3.8) is 0 Å². The van der Waals surface area contributed by atoms with Crippen LogP contribution < -0.4 is 4.74 Å². The monoisotopic (exact) mass is 413 g/mol. The molecule has 1 aliphatic rings. The van der Waals surface area contributed by atoms with Gasteiger partial charge in [0.1, 0.15) is 10.8 Å². The van der Waals surface area contributed by atoms with Gasteiger partial charge in [-0.3, -0.25) is 9.69 Å². The zero-order valence-electron chi connectivity index (χ0n) is 16.1. The summed E-state index contributed by atoms with van der Waals surface area (Å²) in [4.78, 5) is 23.7. The summed E-state index contributed by atoms with van der Waals surface area (Å²) in [6.07, 6.45) is 0. The van der Waals surface area contributed by atoms with Gasteiger partial charge in [0.05, 0.1) is 17.7 Å². The molecule has 4 rings (SSSR count). The number of ether oxygens (including phenoxy) is 1. The number of aromatic nitrogens is 1. The third-order valence-corrected chi connectivity index (χ3v) is 6.81. The molecule has 0 spiro atoms. The van der Waals surface area contributed by atoms with Gasteiger partial charge in [0, 0.05) is 48.5 Å². The minimum Gasteiger partial charge on any atom is -0.497 e. The predicted octanol–water partition coefficient (Wildman–Crippen LogP) is 4.15. The molecule has 0 saturated carbocycles. The normalized spacial score (nSPS) is 15.0. The summed E-state index contributed by atoms with van der Waals surface area (Å²) in [7, 11) is 1.67. The number of benzene rings is 1. The number of nitrogens with zero attached hydrogens (tertiary/aromatic N) is 3. The van der Waals surface area contributed by atoms with Crippen LogP contribution in [0.4, 0.5) is 0 Å². The highest BCUT2D eigenvalue weighted by molar-refractivity contribution is 7.14. The quantitative estimate of drug-likeness (QED) is 0.630. The molecular formula is C21H23N3O2S2. The fourth-order valence-electron chi connectivity index (χ4n) is 3.29. The predicted molar refractivity (Wildman–Crippen MR) is 114 cm³/mol. The molecule has 3 heterocycles. The van der Waals surface area contributed by atoms with Gasteiger partial charge in [-0.25, -0.2) is 4.98 Å². The maximum Gasteiger partial charge on any atom is 0.264 e. The minimum absolute atomic E-state index is 0.160. The van der Waals surface area contributed by atoms with Crippen molar-refractivity contribution in [1.29, 1.82) is 0 Å². The first-order valence-corrected chi connectivity index (χ1v) is 11.0. The van der Waals surface area contributed by atoms with E-state index >= 15 is 0 Å². The molecule has 0 unspecified atom stereocenters. The van der Waals surface area contributed by atoms with Crippen LogP contribution in [0.25, 0.3) is 10.6 Å². The van der Waals surface area contributed by atoms with Gasteiger partial charge in [-0.1, -0.05) is 0 Å². The van der Waals surface area contributed by atoms with Crippen molar-refractivity contribution in [2.75, 3.05) is 33.3 Å². The number of hydrogen-bond acceptors (Lipinski definition) is 6. The molecule has 7 heteroatoms. The Labute approximate surface area is 173 Å². The molecule has 1 amide bonds. The van der Waals surface area contributed by atoms with Gasteiger partial charge in [-0.05, 0) is 43.3 Å². The van der Waals surface area contributed by atoms with Gasteiger partial charge in [0.15, 0.2) is 0 Å². The second kappa shape index (κ2) is 8.43. The number of thiophene rings is 1. The van der Waals surface area contributed by atoms with E-state index in [1.165, 1.54) is 4.88 Å². The second-order valence-electron chi connectivity index (χ2n) is 6.85. The Bertz CT molecular complexity index is 941. The van der Waals surface area contributed by atoms with E-state index in [1.54, 1.807) is 29.8 Å². The largest absolute Gasteiger partial charge is 0.497 e. The third-order valence-electron chi connectivity index (χ3n) is 4.88. The number of thiazole rings is 1. The lowest BCUT2D eigenvalue weighted by Crippen LogP contribution is -2.48. The molecule has 28 heavy (non-hydrogen) atoms. The molecule has 0 bridgehead atoms. The van der Waals surface area contributed by atoms with Crippen LogP contribution >= 0.6 is 22.7 Å². The van der Waals surface area contributed by atoms with Crippen LogP contribution in [0.15, 0.2) is 41.8 Å². The van der Waals surface area contributed by atoms with Gasteiger partial charge in [-0.15, -0.1) is 22.7 Å². The first kappa shape index (κ1) is 19.1.